The van der Waals surface area contributed by atoms with Gasteiger partial charge in [0.05, 0.1) is 4.90 Å². The summed E-state index contributed by atoms with van der Waals surface area (Å²) in [6.07, 6.45) is 0. The number of anilines is 2. The molecular formula is C20H15F3N2O3S. The SMILES string of the molecule is Cc1ccc(F)cc1NC(=O)c1ccc(NS(=O)(=O)c2ccc(F)c(F)c2)cc1. The zero-order chi connectivity index (χ0) is 21.2. The highest BCUT2D eigenvalue weighted by Crippen LogP contribution is 2.20. The lowest BCUT2D eigenvalue weighted by molar-refractivity contribution is 0.102. The third kappa shape index (κ3) is 4.75. The Balaban J connectivity index is 1.75. The van der Waals surface area contributed by atoms with E-state index in [-0.39, 0.29) is 11.3 Å². The molecule has 0 heterocycles. The van der Waals surface area contributed by atoms with E-state index in [1.165, 1.54) is 42.5 Å². The first kappa shape index (κ1) is 20.4. The van der Waals surface area contributed by atoms with Crippen molar-refractivity contribution in [3.05, 3.63) is 89.2 Å². The molecule has 0 aliphatic heterocycles. The van der Waals surface area contributed by atoms with Crippen LogP contribution in [0, 0.1) is 24.4 Å². The van der Waals surface area contributed by atoms with Crippen LogP contribution in [0.2, 0.25) is 0 Å². The van der Waals surface area contributed by atoms with Crippen LogP contribution in [0.15, 0.2) is 65.6 Å². The van der Waals surface area contributed by atoms with Gasteiger partial charge in [0.25, 0.3) is 15.9 Å². The van der Waals surface area contributed by atoms with E-state index >= 15 is 0 Å². The molecule has 150 valence electrons. The number of halogens is 3. The molecule has 0 aliphatic rings. The molecule has 0 aliphatic carbocycles. The largest absolute Gasteiger partial charge is 0.322 e. The predicted molar refractivity (Wildman–Crippen MR) is 103 cm³/mol. The molecule has 2 N–H and O–H groups in total. The number of benzene rings is 3. The fourth-order valence-corrected chi connectivity index (χ4v) is 3.54. The number of carbonyl (C=O) groups is 1. The standard InChI is InChI=1S/C20H15F3N2O3S/c1-12-2-5-14(21)10-19(12)24-20(26)13-3-6-15(7-4-13)25-29(27,28)16-8-9-17(22)18(23)11-16/h2-11,25H,1H3,(H,24,26). The van der Waals surface area contributed by atoms with Gasteiger partial charge in [-0.1, -0.05) is 6.07 Å². The number of rotatable bonds is 5. The van der Waals surface area contributed by atoms with Gasteiger partial charge in [0.1, 0.15) is 5.82 Å². The monoisotopic (exact) mass is 420 g/mol. The Morgan fingerprint density at radius 1 is 0.862 bits per heavy atom. The Hall–Kier alpha value is -3.33. The number of hydrogen-bond donors (Lipinski definition) is 2. The Morgan fingerprint density at radius 2 is 1.55 bits per heavy atom. The van der Waals surface area contributed by atoms with Crippen LogP contribution in [0.25, 0.3) is 0 Å². The van der Waals surface area contributed by atoms with Gasteiger partial charge in [-0.3, -0.25) is 9.52 Å². The van der Waals surface area contributed by atoms with Gasteiger partial charge in [-0.2, -0.15) is 0 Å². The van der Waals surface area contributed by atoms with E-state index in [2.05, 4.69) is 10.0 Å². The van der Waals surface area contributed by atoms with Gasteiger partial charge in [-0.25, -0.2) is 21.6 Å². The first-order valence-corrected chi connectivity index (χ1v) is 9.79. The lowest BCUT2D eigenvalue weighted by Gasteiger charge is -2.10. The van der Waals surface area contributed by atoms with Crippen LogP contribution in [-0.4, -0.2) is 14.3 Å². The van der Waals surface area contributed by atoms with E-state index in [9.17, 15) is 26.4 Å². The van der Waals surface area contributed by atoms with Gasteiger partial charge in [-0.15, -0.1) is 0 Å². The van der Waals surface area contributed by atoms with Crippen LogP contribution in [0.4, 0.5) is 24.5 Å². The zero-order valence-electron chi connectivity index (χ0n) is 15.0. The zero-order valence-corrected chi connectivity index (χ0v) is 15.9. The number of carbonyl (C=O) groups excluding carboxylic acids is 1. The number of nitrogens with one attached hydrogen (secondary N) is 2. The Morgan fingerprint density at radius 3 is 2.21 bits per heavy atom. The molecule has 0 bridgehead atoms. The summed E-state index contributed by atoms with van der Waals surface area (Å²) < 4.78 is 66.4. The summed E-state index contributed by atoms with van der Waals surface area (Å²) in [4.78, 5) is 11.9. The molecule has 0 saturated heterocycles. The predicted octanol–water partition coefficient (Wildman–Crippen LogP) is 4.47. The average molecular weight is 420 g/mol. The Kier molecular flexibility index (Phi) is 5.60. The molecule has 0 saturated carbocycles. The maximum absolute atomic E-state index is 13.3. The summed E-state index contributed by atoms with van der Waals surface area (Å²) in [6, 6.07) is 11.6. The van der Waals surface area contributed by atoms with Crippen molar-refractivity contribution in [2.45, 2.75) is 11.8 Å². The summed E-state index contributed by atoms with van der Waals surface area (Å²) in [5.41, 5.74) is 1.33. The molecule has 3 rings (SSSR count). The highest BCUT2D eigenvalue weighted by Gasteiger charge is 2.17. The van der Waals surface area contributed by atoms with Crippen LogP contribution in [0.1, 0.15) is 15.9 Å². The first-order valence-electron chi connectivity index (χ1n) is 8.31. The molecule has 0 spiro atoms. The Bertz CT molecular complexity index is 1180. The van der Waals surface area contributed by atoms with Gasteiger partial charge < -0.3 is 5.32 Å². The van der Waals surface area contributed by atoms with Gasteiger partial charge >= 0.3 is 0 Å². The molecule has 1 amide bonds. The van der Waals surface area contributed by atoms with Crippen LogP contribution in [0.5, 0.6) is 0 Å². The van der Waals surface area contributed by atoms with E-state index in [0.29, 0.717) is 23.4 Å². The van der Waals surface area contributed by atoms with Crippen molar-refractivity contribution in [3.63, 3.8) is 0 Å². The molecule has 0 fully saturated rings. The van der Waals surface area contributed by atoms with Crippen molar-refractivity contribution in [3.8, 4) is 0 Å². The quantitative estimate of drug-likeness (QED) is 0.640. The fraction of sp³-hybridized carbons (Fsp3) is 0.0500. The van der Waals surface area contributed by atoms with E-state index in [4.69, 9.17) is 0 Å². The molecule has 0 radical (unpaired) electrons. The lowest BCUT2D eigenvalue weighted by Crippen LogP contribution is -2.15. The second-order valence-electron chi connectivity index (χ2n) is 6.17. The summed E-state index contributed by atoms with van der Waals surface area (Å²) in [5, 5.41) is 2.58. The molecule has 0 aromatic heterocycles. The van der Waals surface area contributed by atoms with Gasteiger partial charge in [0.15, 0.2) is 11.6 Å². The number of aryl methyl sites for hydroxylation is 1. The second kappa shape index (κ2) is 7.96. The second-order valence-corrected chi connectivity index (χ2v) is 7.85. The molecule has 29 heavy (non-hydrogen) atoms. The van der Waals surface area contributed by atoms with E-state index in [1.54, 1.807) is 6.92 Å². The summed E-state index contributed by atoms with van der Waals surface area (Å²) in [5.74, 6) is -3.44. The Labute approximate surface area is 165 Å². The van der Waals surface area contributed by atoms with E-state index in [1.807, 2.05) is 0 Å². The van der Waals surface area contributed by atoms with E-state index < -0.39 is 38.3 Å². The first-order chi connectivity index (χ1) is 13.7. The third-order valence-electron chi connectivity index (χ3n) is 4.05. The van der Waals surface area contributed by atoms with E-state index in [0.717, 1.165) is 6.07 Å². The minimum atomic E-state index is -4.14. The van der Waals surface area contributed by atoms with Crippen molar-refractivity contribution < 1.29 is 26.4 Å². The molecule has 3 aromatic rings. The van der Waals surface area contributed by atoms with Gasteiger partial charge in [-0.05, 0) is 67.1 Å². The number of hydrogen-bond acceptors (Lipinski definition) is 3. The summed E-state index contributed by atoms with van der Waals surface area (Å²) >= 11 is 0. The molecule has 5 nitrogen and oxygen atoms in total. The maximum Gasteiger partial charge on any atom is 0.261 e. The lowest BCUT2D eigenvalue weighted by atomic mass is 10.1. The van der Waals surface area contributed by atoms with Crippen LogP contribution in [0.3, 0.4) is 0 Å². The van der Waals surface area contributed by atoms with Crippen molar-refractivity contribution in [2.24, 2.45) is 0 Å². The smallest absolute Gasteiger partial charge is 0.261 e. The topological polar surface area (TPSA) is 75.3 Å². The molecular weight excluding hydrogens is 405 g/mol. The summed E-state index contributed by atoms with van der Waals surface area (Å²) in [7, 11) is -4.14. The summed E-state index contributed by atoms with van der Waals surface area (Å²) in [6.45, 7) is 1.71. The van der Waals surface area contributed by atoms with Gasteiger partial charge in [0, 0.05) is 16.9 Å². The number of sulfonamides is 1. The molecule has 0 unspecified atom stereocenters. The van der Waals surface area contributed by atoms with Crippen molar-refractivity contribution in [1.82, 2.24) is 0 Å². The molecule has 9 heteroatoms. The highest BCUT2D eigenvalue weighted by molar-refractivity contribution is 7.92. The van der Waals surface area contributed by atoms with Crippen LogP contribution >= 0.6 is 0 Å². The minimum absolute atomic E-state index is 0.119. The van der Waals surface area contributed by atoms with Crippen molar-refractivity contribution >= 4 is 27.3 Å². The van der Waals surface area contributed by atoms with Crippen molar-refractivity contribution in [2.75, 3.05) is 10.0 Å². The van der Waals surface area contributed by atoms with Crippen LogP contribution in [-0.2, 0) is 10.0 Å². The minimum Gasteiger partial charge on any atom is -0.322 e. The van der Waals surface area contributed by atoms with Gasteiger partial charge in [0.2, 0.25) is 0 Å². The maximum atomic E-state index is 13.3. The third-order valence-corrected chi connectivity index (χ3v) is 5.43. The van der Waals surface area contributed by atoms with Crippen LogP contribution < -0.4 is 10.0 Å². The fourth-order valence-electron chi connectivity index (χ4n) is 2.47. The molecule has 3 aromatic carbocycles. The average Bonchev–Trinajstić information content (AvgIpc) is 2.67. The van der Waals surface area contributed by atoms with Crippen molar-refractivity contribution in [1.29, 1.82) is 0 Å². The molecule has 0 atom stereocenters. The normalized spacial score (nSPS) is 11.2. The number of amides is 1. The highest BCUT2D eigenvalue weighted by atomic mass is 32.2.